The van der Waals surface area contributed by atoms with Crippen molar-refractivity contribution >= 4 is 17.1 Å². The minimum atomic E-state index is -0.228. The predicted octanol–water partition coefficient (Wildman–Crippen LogP) is 5.52. The van der Waals surface area contributed by atoms with Crippen molar-refractivity contribution in [3.8, 4) is 0 Å². The zero-order valence-corrected chi connectivity index (χ0v) is 12.6. The quantitative estimate of drug-likeness (QED) is 0.775. The van der Waals surface area contributed by atoms with E-state index >= 15 is 0 Å². The van der Waals surface area contributed by atoms with Crippen LogP contribution in [0.3, 0.4) is 0 Å². The van der Waals surface area contributed by atoms with Crippen molar-refractivity contribution in [3.63, 3.8) is 0 Å². The van der Waals surface area contributed by atoms with Crippen LogP contribution in [0.1, 0.15) is 18.4 Å². The molecule has 0 saturated heterocycles. The van der Waals surface area contributed by atoms with Crippen molar-refractivity contribution in [1.82, 2.24) is 0 Å². The number of hydrogen-bond donors (Lipinski definition) is 2. The summed E-state index contributed by atoms with van der Waals surface area (Å²) in [5, 5.41) is 6.75. The summed E-state index contributed by atoms with van der Waals surface area (Å²) in [5.74, 6) is -0.228. The smallest absolute Gasteiger partial charge is 0.123 e. The molecule has 0 radical (unpaired) electrons. The van der Waals surface area contributed by atoms with E-state index < -0.39 is 0 Å². The summed E-state index contributed by atoms with van der Waals surface area (Å²) in [4.78, 5) is 0. The lowest BCUT2D eigenvalue weighted by Crippen LogP contribution is -2.01. The highest BCUT2D eigenvalue weighted by Crippen LogP contribution is 2.25. The van der Waals surface area contributed by atoms with E-state index in [2.05, 4.69) is 54.0 Å². The Morgan fingerprint density at radius 1 is 0.909 bits per heavy atom. The first-order chi connectivity index (χ1) is 10.7. The minimum Gasteiger partial charge on any atom is -0.356 e. The lowest BCUT2D eigenvalue weighted by Gasteiger charge is -2.14. The lowest BCUT2D eigenvalue weighted by molar-refractivity contribution is 0.628. The van der Waals surface area contributed by atoms with Crippen molar-refractivity contribution in [2.75, 3.05) is 10.6 Å². The molecule has 1 aliphatic rings. The molecule has 22 heavy (non-hydrogen) atoms. The van der Waals surface area contributed by atoms with Gasteiger partial charge in [0.25, 0.3) is 0 Å². The second-order valence-corrected chi connectivity index (χ2v) is 5.43. The topological polar surface area (TPSA) is 24.1 Å². The van der Waals surface area contributed by atoms with Gasteiger partial charge in [-0.2, -0.15) is 0 Å². The van der Waals surface area contributed by atoms with Crippen molar-refractivity contribution in [2.24, 2.45) is 0 Å². The van der Waals surface area contributed by atoms with Crippen LogP contribution in [0.25, 0.3) is 0 Å². The van der Waals surface area contributed by atoms with Crippen LogP contribution in [0.5, 0.6) is 0 Å². The number of benzene rings is 2. The third-order valence-electron chi connectivity index (χ3n) is 3.64. The summed E-state index contributed by atoms with van der Waals surface area (Å²) in [5.41, 5.74) is 5.19. The van der Waals surface area contributed by atoms with Gasteiger partial charge in [0.1, 0.15) is 5.82 Å². The molecule has 2 N–H and O–H groups in total. The predicted molar refractivity (Wildman–Crippen MR) is 90.9 cm³/mol. The molecule has 0 aliphatic heterocycles. The number of aryl methyl sites for hydroxylation is 1. The molecule has 0 heterocycles. The van der Waals surface area contributed by atoms with Crippen LogP contribution >= 0.6 is 0 Å². The van der Waals surface area contributed by atoms with Gasteiger partial charge < -0.3 is 10.6 Å². The molecule has 0 aromatic heterocycles. The Kier molecular flexibility index (Phi) is 4.24. The average Bonchev–Trinajstić information content (AvgIpc) is 2.54. The van der Waals surface area contributed by atoms with Gasteiger partial charge in [0.15, 0.2) is 0 Å². The third kappa shape index (κ3) is 3.55. The van der Waals surface area contributed by atoms with Crippen LogP contribution in [0.2, 0.25) is 0 Å². The van der Waals surface area contributed by atoms with E-state index in [1.54, 1.807) is 12.1 Å². The second-order valence-electron chi connectivity index (χ2n) is 5.43. The van der Waals surface area contributed by atoms with Gasteiger partial charge in [-0.1, -0.05) is 18.2 Å². The average molecular weight is 294 g/mol. The molecule has 2 aromatic carbocycles. The van der Waals surface area contributed by atoms with Gasteiger partial charge in [-0.15, -0.1) is 0 Å². The van der Waals surface area contributed by atoms with Crippen LogP contribution < -0.4 is 10.6 Å². The maximum absolute atomic E-state index is 13.0. The van der Waals surface area contributed by atoms with E-state index in [1.165, 1.54) is 12.1 Å². The monoisotopic (exact) mass is 294 g/mol. The first kappa shape index (κ1) is 14.4. The van der Waals surface area contributed by atoms with E-state index in [-0.39, 0.29) is 5.82 Å². The van der Waals surface area contributed by atoms with Crippen LogP contribution in [0.4, 0.5) is 21.5 Å². The SMILES string of the molecule is Cc1ccc(NC2=CCCC=C2)cc1Nc1ccc(F)cc1. The van der Waals surface area contributed by atoms with Gasteiger partial charge >= 0.3 is 0 Å². The van der Waals surface area contributed by atoms with Crippen LogP contribution in [0, 0.1) is 12.7 Å². The van der Waals surface area contributed by atoms with E-state index in [0.717, 1.165) is 41.2 Å². The molecular formula is C19H19FN2. The molecule has 0 amide bonds. The highest BCUT2D eigenvalue weighted by atomic mass is 19.1. The number of rotatable bonds is 4. The highest BCUT2D eigenvalue weighted by molar-refractivity contribution is 5.69. The van der Waals surface area contributed by atoms with Crippen LogP contribution in [-0.2, 0) is 0 Å². The van der Waals surface area contributed by atoms with Gasteiger partial charge in [-0.25, -0.2) is 4.39 Å². The molecule has 2 aromatic rings. The number of halogens is 1. The fourth-order valence-corrected chi connectivity index (χ4v) is 2.40. The maximum atomic E-state index is 13.0. The first-order valence-electron chi connectivity index (χ1n) is 7.48. The Labute approximate surface area is 130 Å². The molecule has 0 atom stereocenters. The number of anilines is 3. The fourth-order valence-electron chi connectivity index (χ4n) is 2.40. The summed E-state index contributed by atoms with van der Waals surface area (Å²) in [6.45, 7) is 2.05. The summed E-state index contributed by atoms with van der Waals surface area (Å²) < 4.78 is 13.0. The van der Waals surface area contributed by atoms with Crippen molar-refractivity contribution < 1.29 is 4.39 Å². The minimum absolute atomic E-state index is 0.228. The van der Waals surface area contributed by atoms with E-state index in [0.29, 0.717) is 0 Å². The zero-order chi connectivity index (χ0) is 15.4. The Balaban J connectivity index is 1.78. The second kappa shape index (κ2) is 6.48. The third-order valence-corrected chi connectivity index (χ3v) is 3.64. The molecule has 0 unspecified atom stereocenters. The normalized spacial score (nSPS) is 13.6. The largest absolute Gasteiger partial charge is 0.356 e. The van der Waals surface area contributed by atoms with Crippen LogP contribution in [0.15, 0.2) is 66.4 Å². The molecule has 2 nitrogen and oxygen atoms in total. The van der Waals surface area contributed by atoms with Gasteiger partial charge in [0.05, 0.1) is 0 Å². The van der Waals surface area contributed by atoms with E-state index in [4.69, 9.17) is 0 Å². The summed E-state index contributed by atoms with van der Waals surface area (Å²) in [6.07, 6.45) is 8.67. The highest BCUT2D eigenvalue weighted by Gasteiger charge is 2.03. The molecule has 0 bridgehead atoms. The van der Waals surface area contributed by atoms with Crippen LogP contribution in [-0.4, -0.2) is 0 Å². The molecule has 3 heteroatoms. The fraction of sp³-hybridized carbons (Fsp3) is 0.158. The molecule has 112 valence electrons. The summed E-state index contributed by atoms with van der Waals surface area (Å²) in [7, 11) is 0. The molecule has 0 spiro atoms. The van der Waals surface area contributed by atoms with Gasteiger partial charge in [0.2, 0.25) is 0 Å². The lowest BCUT2D eigenvalue weighted by atomic mass is 10.1. The molecule has 3 rings (SSSR count). The number of allylic oxidation sites excluding steroid dienone is 3. The Bertz CT molecular complexity index is 715. The Morgan fingerprint density at radius 3 is 2.41 bits per heavy atom. The molecule has 1 aliphatic carbocycles. The Hall–Kier alpha value is -2.55. The number of hydrogen-bond acceptors (Lipinski definition) is 2. The van der Waals surface area contributed by atoms with Gasteiger partial charge in [-0.3, -0.25) is 0 Å². The standard InChI is InChI=1S/C19H19FN2/c1-14-7-10-18(21-16-5-3-2-4-6-16)13-19(14)22-17-11-8-15(20)9-12-17/h3,5-13,21-22H,2,4H2,1H3. The summed E-state index contributed by atoms with van der Waals surface area (Å²) >= 11 is 0. The van der Waals surface area contributed by atoms with Gasteiger partial charge in [0, 0.05) is 22.8 Å². The number of nitrogens with one attached hydrogen (secondary N) is 2. The van der Waals surface area contributed by atoms with Gasteiger partial charge in [-0.05, 0) is 67.8 Å². The maximum Gasteiger partial charge on any atom is 0.123 e. The van der Waals surface area contributed by atoms with E-state index in [9.17, 15) is 4.39 Å². The van der Waals surface area contributed by atoms with Crippen molar-refractivity contribution in [3.05, 3.63) is 77.8 Å². The zero-order valence-electron chi connectivity index (χ0n) is 12.6. The molecular weight excluding hydrogens is 275 g/mol. The summed E-state index contributed by atoms with van der Waals surface area (Å²) in [6, 6.07) is 12.6. The Morgan fingerprint density at radius 2 is 1.68 bits per heavy atom. The first-order valence-corrected chi connectivity index (χ1v) is 7.48. The molecule has 0 saturated carbocycles. The van der Waals surface area contributed by atoms with Crippen molar-refractivity contribution in [1.29, 1.82) is 0 Å². The molecule has 0 fully saturated rings. The van der Waals surface area contributed by atoms with Crippen molar-refractivity contribution in [2.45, 2.75) is 19.8 Å². The van der Waals surface area contributed by atoms with E-state index in [1.807, 2.05) is 0 Å².